The van der Waals surface area contributed by atoms with Gasteiger partial charge in [-0.3, -0.25) is 0 Å². The van der Waals surface area contributed by atoms with E-state index in [-0.39, 0.29) is 0 Å². The van der Waals surface area contributed by atoms with Crippen LogP contribution >= 0.6 is 11.6 Å². The Morgan fingerprint density at radius 2 is 1.95 bits per heavy atom. The molecule has 0 radical (unpaired) electrons. The summed E-state index contributed by atoms with van der Waals surface area (Å²) in [4.78, 5) is 9.18. The van der Waals surface area contributed by atoms with Crippen molar-refractivity contribution in [2.75, 3.05) is 17.2 Å². The minimum atomic E-state index is 0.512. The normalized spacial score (nSPS) is 14.0. The fraction of sp³-hybridized carbons (Fsp3) is 0.375. The van der Waals surface area contributed by atoms with E-state index in [0.29, 0.717) is 10.9 Å². The fourth-order valence-corrected chi connectivity index (χ4v) is 2.47. The lowest BCUT2D eigenvalue weighted by molar-refractivity contribution is 0.927. The van der Waals surface area contributed by atoms with Crippen LogP contribution in [0.1, 0.15) is 37.1 Å². The number of aryl methyl sites for hydroxylation is 1. The average Bonchev–Trinajstić information content (AvgIpc) is 3.27. The molecule has 2 aromatic rings. The number of rotatable bonds is 5. The number of hydrogen-bond acceptors (Lipinski definition) is 4. The second-order valence-electron chi connectivity index (χ2n) is 5.41. The van der Waals surface area contributed by atoms with Gasteiger partial charge in [-0.2, -0.15) is 0 Å². The SMILES string of the molecule is CCNc1cc(Nc2ccc(C)cc2Cl)nc(C2CC2)n1. The lowest BCUT2D eigenvalue weighted by Crippen LogP contribution is -2.05. The Hall–Kier alpha value is -1.81. The summed E-state index contributed by atoms with van der Waals surface area (Å²) in [5, 5.41) is 7.26. The van der Waals surface area contributed by atoms with Gasteiger partial charge in [-0.1, -0.05) is 17.7 Å². The predicted molar refractivity (Wildman–Crippen MR) is 87.6 cm³/mol. The molecule has 1 aromatic carbocycles. The van der Waals surface area contributed by atoms with Gasteiger partial charge in [0.1, 0.15) is 17.5 Å². The number of halogens is 1. The first kappa shape index (κ1) is 14.1. The minimum Gasteiger partial charge on any atom is -0.370 e. The van der Waals surface area contributed by atoms with Crippen molar-refractivity contribution in [3.05, 3.63) is 40.7 Å². The molecule has 0 spiro atoms. The molecule has 2 N–H and O–H groups in total. The first-order chi connectivity index (χ1) is 10.2. The average molecular weight is 303 g/mol. The topological polar surface area (TPSA) is 49.8 Å². The van der Waals surface area contributed by atoms with Crippen molar-refractivity contribution in [1.82, 2.24) is 9.97 Å². The molecule has 1 aliphatic rings. The summed E-state index contributed by atoms with van der Waals surface area (Å²) in [6, 6.07) is 7.87. The highest BCUT2D eigenvalue weighted by Crippen LogP contribution is 2.39. The van der Waals surface area contributed by atoms with Crippen molar-refractivity contribution in [1.29, 1.82) is 0 Å². The zero-order valence-corrected chi connectivity index (χ0v) is 13.0. The summed E-state index contributed by atoms with van der Waals surface area (Å²) in [6.45, 7) is 4.92. The molecule has 1 aliphatic carbocycles. The molecule has 3 rings (SSSR count). The molecule has 0 amide bonds. The molecule has 0 unspecified atom stereocenters. The standard InChI is InChI=1S/C16H19ClN4/c1-3-18-14-9-15(21-16(20-14)11-5-6-11)19-13-7-4-10(2)8-12(13)17/h4,7-9,11H,3,5-6H2,1-2H3,(H2,18,19,20,21). The van der Waals surface area contributed by atoms with Crippen LogP contribution in [0.3, 0.4) is 0 Å². The van der Waals surface area contributed by atoms with Crippen molar-refractivity contribution in [2.24, 2.45) is 0 Å². The quantitative estimate of drug-likeness (QED) is 0.854. The first-order valence-electron chi connectivity index (χ1n) is 7.31. The molecule has 5 heteroatoms. The predicted octanol–water partition coefficient (Wildman–Crippen LogP) is 4.49. The first-order valence-corrected chi connectivity index (χ1v) is 7.69. The summed E-state index contributed by atoms with van der Waals surface area (Å²) >= 11 is 6.27. The second kappa shape index (κ2) is 5.90. The number of benzene rings is 1. The van der Waals surface area contributed by atoms with Gasteiger partial charge >= 0.3 is 0 Å². The van der Waals surface area contributed by atoms with Gasteiger partial charge in [-0.15, -0.1) is 0 Å². The molecule has 0 aliphatic heterocycles. The number of nitrogens with zero attached hydrogens (tertiary/aromatic N) is 2. The van der Waals surface area contributed by atoms with Crippen LogP contribution in [-0.4, -0.2) is 16.5 Å². The van der Waals surface area contributed by atoms with E-state index in [9.17, 15) is 0 Å². The Kier molecular flexibility index (Phi) is 3.97. The maximum absolute atomic E-state index is 6.27. The van der Waals surface area contributed by atoms with E-state index in [1.165, 1.54) is 12.8 Å². The van der Waals surface area contributed by atoms with Crippen LogP contribution in [0.15, 0.2) is 24.3 Å². The Bertz CT molecular complexity index is 653. The van der Waals surface area contributed by atoms with E-state index in [2.05, 4.69) is 27.5 Å². The highest BCUT2D eigenvalue weighted by molar-refractivity contribution is 6.33. The van der Waals surface area contributed by atoms with Crippen molar-refractivity contribution < 1.29 is 0 Å². The molecule has 1 fully saturated rings. The van der Waals surface area contributed by atoms with E-state index in [0.717, 1.165) is 35.3 Å². The third kappa shape index (κ3) is 3.45. The molecule has 1 saturated carbocycles. The number of nitrogens with one attached hydrogen (secondary N) is 2. The van der Waals surface area contributed by atoms with Crippen molar-refractivity contribution in [2.45, 2.75) is 32.6 Å². The zero-order chi connectivity index (χ0) is 14.8. The third-order valence-electron chi connectivity index (χ3n) is 3.43. The van der Waals surface area contributed by atoms with Crippen LogP contribution in [0.5, 0.6) is 0 Å². The lowest BCUT2D eigenvalue weighted by Gasteiger charge is -2.12. The third-order valence-corrected chi connectivity index (χ3v) is 3.74. The van der Waals surface area contributed by atoms with Crippen LogP contribution in [0.4, 0.5) is 17.3 Å². The van der Waals surface area contributed by atoms with E-state index >= 15 is 0 Å². The van der Waals surface area contributed by atoms with Gasteiger partial charge in [0, 0.05) is 18.5 Å². The van der Waals surface area contributed by atoms with E-state index in [1.807, 2.05) is 31.2 Å². The molecular formula is C16H19ClN4. The van der Waals surface area contributed by atoms with Crippen LogP contribution in [0.2, 0.25) is 5.02 Å². The van der Waals surface area contributed by atoms with Gasteiger partial charge in [0.25, 0.3) is 0 Å². The van der Waals surface area contributed by atoms with Crippen molar-refractivity contribution >= 4 is 28.9 Å². The Balaban J connectivity index is 1.89. The monoisotopic (exact) mass is 302 g/mol. The molecule has 1 aromatic heterocycles. The number of anilines is 3. The van der Waals surface area contributed by atoms with Gasteiger partial charge in [-0.05, 0) is 44.4 Å². The van der Waals surface area contributed by atoms with Gasteiger partial charge in [0.05, 0.1) is 10.7 Å². The fourth-order valence-electron chi connectivity index (χ4n) is 2.19. The minimum absolute atomic E-state index is 0.512. The van der Waals surface area contributed by atoms with Crippen LogP contribution in [0.25, 0.3) is 0 Å². The molecule has 4 nitrogen and oxygen atoms in total. The molecule has 0 atom stereocenters. The molecular weight excluding hydrogens is 284 g/mol. The highest BCUT2D eigenvalue weighted by atomic mass is 35.5. The summed E-state index contributed by atoms with van der Waals surface area (Å²) in [5.41, 5.74) is 2.01. The highest BCUT2D eigenvalue weighted by Gasteiger charge is 2.27. The Labute approximate surface area is 130 Å². The van der Waals surface area contributed by atoms with E-state index in [1.54, 1.807) is 0 Å². The molecule has 0 saturated heterocycles. The number of aromatic nitrogens is 2. The smallest absolute Gasteiger partial charge is 0.136 e. The zero-order valence-electron chi connectivity index (χ0n) is 12.3. The summed E-state index contributed by atoms with van der Waals surface area (Å²) < 4.78 is 0. The van der Waals surface area contributed by atoms with E-state index in [4.69, 9.17) is 11.6 Å². The summed E-state index contributed by atoms with van der Waals surface area (Å²) in [5.74, 6) is 3.07. The molecule has 0 bridgehead atoms. The largest absolute Gasteiger partial charge is 0.370 e. The Morgan fingerprint density at radius 1 is 1.19 bits per heavy atom. The van der Waals surface area contributed by atoms with E-state index < -0.39 is 0 Å². The van der Waals surface area contributed by atoms with Crippen LogP contribution in [-0.2, 0) is 0 Å². The summed E-state index contributed by atoms with van der Waals surface area (Å²) in [6.07, 6.45) is 2.36. The number of hydrogen-bond donors (Lipinski definition) is 2. The van der Waals surface area contributed by atoms with Crippen molar-refractivity contribution in [3.63, 3.8) is 0 Å². The maximum Gasteiger partial charge on any atom is 0.136 e. The van der Waals surface area contributed by atoms with Gasteiger partial charge in [0.2, 0.25) is 0 Å². The van der Waals surface area contributed by atoms with Gasteiger partial charge in [-0.25, -0.2) is 9.97 Å². The lowest BCUT2D eigenvalue weighted by atomic mass is 10.2. The molecule has 1 heterocycles. The second-order valence-corrected chi connectivity index (χ2v) is 5.82. The molecule has 110 valence electrons. The van der Waals surface area contributed by atoms with Crippen molar-refractivity contribution in [3.8, 4) is 0 Å². The Morgan fingerprint density at radius 3 is 2.62 bits per heavy atom. The van der Waals surface area contributed by atoms with Crippen LogP contribution < -0.4 is 10.6 Å². The van der Waals surface area contributed by atoms with Gasteiger partial charge in [0.15, 0.2) is 0 Å². The maximum atomic E-state index is 6.27. The van der Waals surface area contributed by atoms with Gasteiger partial charge < -0.3 is 10.6 Å². The van der Waals surface area contributed by atoms with Crippen LogP contribution in [0, 0.1) is 6.92 Å². The molecule has 21 heavy (non-hydrogen) atoms. The summed E-state index contributed by atoms with van der Waals surface area (Å²) in [7, 11) is 0.